The smallest absolute Gasteiger partial charge is 0.236 e. The lowest BCUT2D eigenvalue weighted by atomic mass is 10.2. The number of rotatable bonds is 5. The molecule has 0 aromatic heterocycles. The molecule has 1 amide bonds. The van der Waals surface area contributed by atoms with Crippen LogP contribution in [0, 0.1) is 0 Å². The van der Waals surface area contributed by atoms with Gasteiger partial charge in [-0.25, -0.2) is 0 Å². The van der Waals surface area contributed by atoms with Gasteiger partial charge >= 0.3 is 0 Å². The Labute approximate surface area is 90.1 Å². The molecule has 0 saturated heterocycles. The summed E-state index contributed by atoms with van der Waals surface area (Å²) in [5, 5.41) is 3.08. The number of nitrogens with two attached hydrogens (primary N) is 1. The van der Waals surface area contributed by atoms with Crippen molar-refractivity contribution in [3.8, 4) is 0 Å². The molecule has 82 valence electrons. The first kappa shape index (κ1) is 11.5. The van der Waals surface area contributed by atoms with Crippen LogP contribution >= 0.6 is 0 Å². The third-order valence-corrected chi connectivity index (χ3v) is 2.15. The zero-order valence-electron chi connectivity index (χ0n) is 9.16. The molecule has 0 heterocycles. The van der Waals surface area contributed by atoms with Gasteiger partial charge in [-0.05, 0) is 24.7 Å². The minimum absolute atomic E-state index is 0.241. The summed E-state index contributed by atoms with van der Waals surface area (Å²) in [5.41, 5.74) is 7.33. The van der Waals surface area contributed by atoms with Crippen LogP contribution in [0.15, 0.2) is 24.3 Å². The minimum atomic E-state index is -0.322. The van der Waals surface area contributed by atoms with Crippen LogP contribution in [0.5, 0.6) is 0 Å². The second kappa shape index (κ2) is 5.36. The van der Waals surface area contributed by atoms with E-state index in [2.05, 4.69) is 5.32 Å². The predicted octanol–water partition coefficient (Wildman–Crippen LogP) is 0.328. The molecule has 0 radical (unpaired) electrons. The SMILES string of the molecule is CNCc1ccc(N(C)CC(N)=O)cc1. The number of primary amides is 1. The van der Waals surface area contributed by atoms with Crippen molar-refractivity contribution in [2.45, 2.75) is 6.54 Å². The lowest BCUT2D eigenvalue weighted by molar-refractivity contribution is -0.116. The van der Waals surface area contributed by atoms with E-state index < -0.39 is 0 Å². The van der Waals surface area contributed by atoms with Crippen LogP contribution in [-0.4, -0.2) is 26.5 Å². The Hall–Kier alpha value is -1.55. The Kier molecular flexibility index (Phi) is 4.12. The summed E-state index contributed by atoms with van der Waals surface area (Å²) < 4.78 is 0. The number of likely N-dealkylation sites (N-methyl/N-ethyl adjacent to an activating group) is 1. The molecule has 1 aromatic carbocycles. The summed E-state index contributed by atoms with van der Waals surface area (Å²) in [7, 11) is 3.75. The molecule has 1 aromatic rings. The molecule has 0 spiro atoms. The van der Waals surface area contributed by atoms with Crippen molar-refractivity contribution in [2.75, 3.05) is 25.5 Å². The zero-order valence-corrected chi connectivity index (χ0v) is 9.16. The van der Waals surface area contributed by atoms with Gasteiger partial charge in [0.2, 0.25) is 5.91 Å². The number of amides is 1. The van der Waals surface area contributed by atoms with E-state index in [-0.39, 0.29) is 12.5 Å². The molecule has 0 unspecified atom stereocenters. The summed E-state index contributed by atoms with van der Waals surface area (Å²) in [4.78, 5) is 12.5. The third-order valence-electron chi connectivity index (χ3n) is 2.15. The highest BCUT2D eigenvalue weighted by Crippen LogP contribution is 2.13. The van der Waals surface area contributed by atoms with E-state index in [9.17, 15) is 4.79 Å². The van der Waals surface area contributed by atoms with Crippen molar-refractivity contribution < 1.29 is 4.79 Å². The monoisotopic (exact) mass is 207 g/mol. The summed E-state index contributed by atoms with van der Waals surface area (Å²) in [6.07, 6.45) is 0. The Morgan fingerprint density at radius 3 is 2.47 bits per heavy atom. The van der Waals surface area contributed by atoms with Gasteiger partial charge in [-0.2, -0.15) is 0 Å². The van der Waals surface area contributed by atoms with Crippen LogP contribution in [0.2, 0.25) is 0 Å². The molecule has 4 heteroatoms. The summed E-state index contributed by atoms with van der Waals surface area (Å²) in [6.45, 7) is 1.09. The maximum absolute atomic E-state index is 10.7. The molecular formula is C11H17N3O. The van der Waals surface area contributed by atoms with Gasteiger partial charge in [-0.15, -0.1) is 0 Å². The van der Waals surface area contributed by atoms with Gasteiger partial charge in [0.1, 0.15) is 0 Å². The Balaban J connectivity index is 2.66. The van der Waals surface area contributed by atoms with Gasteiger partial charge in [0.15, 0.2) is 0 Å². The minimum Gasteiger partial charge on any atom is -0.368 e. The van der Waals surface area contributed by atoms with Crippen molar-refractivity contribution in [1.29, 1.82) is 0 Å². The molecule has 0 fully saturated rings. The van der Waals surface area contributed by atoms with E-state index in [0.29, 0.717) is 0 Å². The van der Waals surface area contributed by atoms with Crippen molar-refractivity contribution in [2.24, 2.45) is 5.73 Å². The van der Waals surface area contributed by atoms with Crippen LogP contribution in [-0.2, 0) is 11.3 Å². The van der Waals surface area contributed by atoms with E-state index in [1.807, 2.05) is 43.3 Å². The highest BCUT2D eigenvalue weighted by Gasteiger charge is 2.03. The Bertz CT molecular complexity index is 321. The number of hydrogen-bond donors (Lipinski definition) is 2. The number of nitrogens with one attached hydrogen (secondary N) is 1. The molecule has 3 N–H and O–H groups in total. The van der Waals surface area contributed by atoms with Crippen LogP contribution in [0.25, 0.3) is 0 Å². The van der Waals surface area contributed by atoms with Gasteiger partial charge < -0.3 is 16.0 Å². The molecule has 0 aliphatic heterocycles. The molecule has 4 nitrogen and oxygen atoms in total. The maximum Gasteiger partial charge on any atom is 0.236 e. The van der Waals surface area contributed by atoms with Crippen LogP contribution in [0.3, 0.4) is 0 Å². The van der Waals surface area contributed by atoms with Gasteiger partial charge in [-0.3, -0.25) is 4.79 Å². The summed E-state index contributed by atoms with van der Waals surface area (Å²) in [6, 6.07) is 8.03. The van der Waals surface area contributed by atoms with Crippen molar-refractivity contribution in [3.05, 3.63) is 29.8 Å². The van der Waals surface area contributed by atoms with Crippen molar-refractivity contribution >= 4 is 11.6 Å². The van der Waals surface area contributed by atoms with E-state index >= 15 is 0 Å². The average Bonchev–Trinajstić information content (AvgIpc) is 2.18. The molecule has 0 saturated carbocycles. The lowest BCUT2D eigenvalue weighted by Gasteiger charge is -2.17. The number of anilines is 1. The lowest BCUT2D eigenvalue weighted by Crippen LogP contribution is -2.30. The second-order valence-electron chi connectivity index (χ2n) is 3.52. The zero-order chi connectivity index (χ0) is 11.3. The second-order valence-corrected chi connectivity index (χ2v) is 3.52. The quantitative estimate of drug-likeness (QED) is 0.731. The highest BCUT2D eigenvalue weighted by molar-refractivity contribution is 5.79. The summed E-state index contributed by atoms with van der Waals surface area (Å²) in [5.74, 6) is -0.322. The van der Waals surface area contributed by atoms with E-state index in [4.69, 9.17) is 5.73 Å². The first-order valence-electron chi connectivity index (χ1n) is 4.86. The number of benzene rings is 1. The molecule has 0 aliphatic carbocycles. The van der Waals surface area contributed by atoms with Gasteiger partial charge in [-0.1, -0.05) is 12.1 Å². The first-order chi connectivity index (χ1) is 7.13. The molecule has 0 bridgehead atoms. The van der Waals surface area contributed by atoms with E-state index in [1.165, 1.54) is 5.56 Å². The van der Waals surface area contributed by atoms with Gasteiger partial charge in [0.25, 0.3) is 0 Å². The van der Waals surface area contributed by atoms with Gasteiger partial charge in [0.05, 0.1) is 6.54 Å². The first-order valence-corrected chi connectivity index (χ1v) is 4.86. The number of carbonyl (C=O) groups is 1. The fourth-order valence-corrected chi connectivity index (χ4v) is 1.40. The number of nitrogens with zero attached hydrogens (tertiary/aromatic N) is 1. The van der Waals surface area contributed by atoms with Crippen LogP contribution < -0.4 is 16.0 Å². The number of carbonyl (C=O) groups excluding carboxylic acids is 1. The normalized spacial score (nSPS) is 10.0. The van der Waals surface area contributed by atoms with Crippen molar-refractivity contribution in [1.82, 2.24) is 5.32 Å². The van der Waals surface area contributed by atoms with Crippen LogP contribution in [0.4, 0.5) is 5.69 Å². The fourth-order valence-electron chi connectivity index (χ4n) is 1.40. The van der Waals surface area contributed by atoms with Crippen LogP contribution in [0.1, 0.15) is 5.56 Å². The molecule has 1 rings (SSSR count). The molecule has 15 heavy (non-hydrogen) atoms. The molecular weight excluding hydrogens is 190 g/mol. The fraction of sp³-hybridized carbons (Fsp3) is 0.364. The largest absolute Gasteiger partial charge is 0.368 e. The van der Waals surface area contributed by atoms with Crippen molar-refractivity contribution in [3.63, 3.8) is 0 Å². The third kappa shape index (κ3) is 3.59. The van der Waals surface area contributed by atoms with E-state index in [0.717, 1.165) is 12.2 Å². The predicted molar refractivity (Wildman–Crippen MR) is 61.7 cm³/mol. The number of hydrogen-bond acceptors (Lipinski definition) is 3. The Morgan fingerprint density at radius 1 is 1.40 bits per heavy atom. The van der Waals surface area contributed by atoms with Gasteiger partial charge in [0, 0.05) is 19.3 Å². The average molecular weight is 207 g/mol. The summed E-state index contributed by atoms with van der Waals surface area (Å²) >= 11 is 0. The Morgan fingerprint density at radius 2 is 2.00 bits per heavy atom. The highest BCUT2D eigenvalue weighted by atomic mass is 16.1. The molecule has 0 atom stereocenters. The van der Waals surface area contributed by atoms with E-state index in [1.54, 1.807) is 0 Å². The maximum atomic E-state index is 10.7. The molecule has 0 aliphatic rings. The standard InChI is InChI=1S/C11H17N3O/c1-13-7-9-3-5-10(6-4-9)14(2)8-11(12)15/h3-6,13H,7-8H2,1-2H3,(H2,12,15). The topological polar surface area (TPSA) is 58.4 Å².